The molecule has 0 fully saturated rings. The number of nitrogens with zero attached hydrogens (tertiary/aromatic N) is 2. The first-order valence-electron chi connectivity index (χ1n) is 11.3. The van der Waals surface area contributed by atoms with Crippen molar-refractivity contribution in [3.63, 3.8) is 0 Å². The summed E-state index contributed by atoms with van der Waals surface area (Å²) in [5.74, 6) is -1.83. The molecule has 1 unspecified atom stereocenters. The first kappa shape index (κ1) is 26.2. The highest BCUT2D eigenvalue weighted by molar-refractivity contribution is 7.93. The number of aromatic nitrogens is 1. The lowest BCUT2D eigenvalue weighted by Crippen LogP contribution is -2.52. The van der Waals surface area contributed by atoms with Gasteiger partial charge in [-0.15, -0.1) is 0 Å². The van der Waals surface area contributed by atoms with Crippen LogP contribution < -0.4 is 10.0 Å². The zero-order valence-corrected chi connectivity index (χ0v) is 22.0. The van der Waals surface area contributed by atoms with E-state index in [0.29, 0.717) is 16.6 Å². The molecule has 0 spiro atoms. The number of primary amides is 1. The van der Waals surface area contributed by atoms with E-state index in [1.54, 1.807) is 75.5 Å². The summed E-state index contributed by atoms with van der Waals surface area (Å²) in [6.45, 7) is 5.02. The molecule has 10 heteroatoms. The maximum absolute atomic E-state index is 13.9. The van der Waals surface area contributed by atoms with Crippen LogP contribution in [-0.4, -0.2) is 36.0 Å². The van der Waals surface area contributed by atoms with Crippen molar-refractivity contribution in [3.05, 3.63) is 89.6 Å². The van der Waals surface area contributed by atoms with Crippen molar-refractivity contribution in [3.8, 4) is 5.69 Å². The first-order valence-corrected chi connectivity index (χ1v) is 13.2. The van der Waals surface area contributed by atoms with E-state index in [9.17, 15) is 23.1 Å². The van der Waals surface area contributed by atoms with E-state index in [1.165, 1.54) is 18.2 Å². The standard InChI is InChI=1S/C27H26ClN3O5S/c1-27(2,3)24(26(33)34)31(37(35,36)22-9-5-7-19(28)16-22)21-10-11-23-17(14-21)12-13-30(23)20-8-4-6-18(15-20)25(29)32/h4-16,24H,1-3H3,(H2,29,32)(H,33,34). The number of aliphatic carboxylic acids is 1. The summed E-state index contributed by atoms with van der Waals surface area (Å²) >= 11 is 6.07. The van der Waals surface area contributed by atoms with Gasteiger partial charge in [0.25, 0.3) is 10.0 Å². The van der Waals surface area contributed by atoms with Gasteiger partial charge in [-0.1, -0.05) is 44.5 Å². The van der Waals surface area contributed by atoms with Gasteiger partial charge in [0.2, 0.25) is 5.91 Å². The van der Waals surface area contributed by atoms with E-state index >= 15 is 0 Å². The average molecular weight is 540 g/mol. The number of rotatable bonds is 7. The average Bonchev–Trinajstić information content (AvgIpc) is 3.24. The first-order chi connectivity index (χ1) is 17.3. The quantitative estimate of drug-likeness (QED) is 0.339. The van der Waals surface area contributed by atoms with Crippen molar-refractivity contribution < 1.29 is 23.1 Å². The predicted octanol–water partition coefficient (Wildman–Crippen LogP) is 5.08. The molecule has 8 nitrogen and oxygen atoms in total. The highest BCUT2D eigenvalue weighted by atomic mass is 35.5. The van der Waals surface area contributed by atoms with Crippen LogP contribution in [0.2, 0.25) is 5.02 Å². The van der Waals surface area contributed by atoms with Crippen LogP contribution in [0.5, 0.6) is 0 Å². The summed E-state index contributed by atoms with van der Waals surface area (Å²) in [5.41, 5.74) is 6.44. The van der Waals surface area contributed by atoms with Crippen molar-refractivity contribution in [1.29, 1.82) is 0 Å². The second-order valence-electron chi connectivity index (χ2n) is 9.71. The van der Waals surface area contributed by atoms with Gasteiger partial charge in [-0.25, -0.2) is 13.2 Å². The molecule has 0 aliphatic heterocycles. The van der Waals surface area contributed by atoms with Crippen molar-refractivity contribution in [2.45, 2.75) is 31.7 Å². The molecule has 0 aliphatic rings. The highest BCUT2D eigenvalue weighted by Crippen LogP contribution is 2.36. The van der Waals surface area contributed by atoms with Crippen molar-refractivity contribution >= 4 is 50.1 Å². The maximum Gasteiger partial charge on any atom is 0.328 e. The SMILES string of the molecule is CC(C)(C)C(C(=O)O)N(c1ccc2c(ccn2-c2cccc(C(N)=O)c2)c1)S(=O)(=O)c1cccc(Cl)c1. The fourth-order valence-electron chi connectivity index (χ4n) is 4.29. The molecule has 0 aliphatic carbocycles. The number of nitrogens with two attached hydrogens (primary N) is 1. The summed E-state index contributed by atoms with van der Waals surface area (Å²) in [4.78, 5) is 24.0. The number of anilines is 1. The van der Waals surface area contributed by atoms with Crippen molar-refractivity contribution in [2.24, 2.45) is 11.1 Å². The third-order valence-electron chi connectivity index (χ3n) is 5.98. The number of carbonyl (C=O) groups excluding carboxylic acids is 1. The molecule has 4 rings (SSSR count). The van der Waals surface area contributed by atoms with E-state index in [0.717, 1.165) is 9.82 Å². The molecule has 0 saturated carbocycles. The van der Waals surface area contributed by atoms with Crippen LogP contribution in [-0.2, 0) is 14.8 Å². The molecule has 3 N–H and O–H groups in total. The van der Waals surface area contributed by atoms with Crippen LogP contribution in [0, 0.1) is 5.41 Å². The Balaban J connectivity index is 1.91. The molecule has 1 heterocycles. The minimum atomic E-state index is -4.32. The summed E-state index contributed by atoms with van der Waals surface area (Å²) < 4.78 is 30.6. The summed E-state index contributed by atoms with van der Waals surface area (Å²) in [7, 11) is -4.32. The fourth-order valence-corrected chi connectivity index (χ4v) is 6.37. The van der Waals surface area contributed by atoms with E-state index in [-0.39, 0.29) is 15.6 Å². The van der Waals surface area contributed by atoms with Crippen LogP contribution >= 0.6 is 11.6 Å². The van der Waals surface area contributed by atoms with Gasteiger partial charge in [0.05, 0.1) is 16.1 Å². The fraction of sp³-hybridized carbons (Fsp3) is 0.185. The molecule has 3 aromatic carbocycles. The lowest BCUT2D eigenvalue weighted by atomic mass is 9.86. The molecule has 1 atom stereocenters. The Hall–Kier alpha value is -3.82. The molecule has 0 radical (unpaired) electrons. The largest absolute Gasteiger partial charge is 0.480 e. The Kier molecular flexibility index (Phi) is 6.79. The van der Waals surface area contributed by atoms with E-state index in [4.69, 9.17) is 17.3 Å². The Labute approximate surface area is 219 Å². The summed E-state index contributed by atoms with van der Waals surface area (Å²) in [5, 5.41) is 11.1. The zero-order valence-electron chi connectivity index (χ0n) is 20.4. The Bertz CT molecular complexity index is 1620. The Morgan fingerprint density at radius 1 is 1.00 bits per heavy atom. The zero-order chi connectivity index (χ0) is 27.1. The van der Waals surface area contributed by atoms with Crippen LogP contribution in [0.3, 0.4) is 0 Å². The van der Waals surface area contributed by atoms with Crippen LogP contribution in [0.4, 0.5) is 5.69 Å². The second kappa shape index (κ2) is 9.57. The molecular weight excluding hydrogens is 514 g/mol. The van der Waals surface area contributed by atoms with Crippen molar-refractivity contribution in [2.75, 3.05) is 4.31 Å². The monoisotopic (exact) mass is 539 g/mol. The molecule has 1 aromatic heterocycles. The van der Waals surface area contributed by atoms with Crippen LogP contribution in [0.1, 0.15) is 31.1 Å². The molecular formula is C27H26ClN3O5S. The number of carboxylic acids is 1. The van der Waals surface area contributed by atoms with Gasteiger partial charge < -0.3 is 15.4 Å². The number of hydrogen-bond donors (Lipinski definition) is 2. The molecule has 0 saturated heterocycles. The number of benzene rings is 3. The topological polar surface area (TPSA) is 123 Å². The van der Waals surface area contributed by atoms with Crippen LogP contribution in [0.25, 0.3) is 16.6 Å². The molecule has 0 bridgehead atoms. The van der Waals surface area contributed by atoms with E-state index in [2.05, 4.69) is 0 Å². The minimum absolute atomic E-state index is 0.114. The smallest absolute Gasteiger partial charge is 0.328 e. The third kappa shape index (κ3) is 5.05. The maximum atomic E-state index is 13.9. The molecule has 192 valence electrons. The summed E-state index contributed by atoms with van der Waals surface area (Å²) in [6.07, 6.45) is 1.78. The van der Waals surface area contributed by atoms with Gasteiger partial charge >= 0.3 is 5.97 Å². The Morgan fingerprint density at radius 2 is 1.70 bits per heavy atom. The Morgan fingerprint density at radius 3 is 2.32 bits per heavy atom. The number of fused-ring (bicyclic) bond motifs is 1. The lowest BCUT2D eigenvalue weighted by Gasteiger charge is -2.37. The van der Waals surface area contributed by atoms with Gasteiger partial charge in [0, 0.05) is 27.9 Å². The highest BCUT2D eigenvalue weighted by Gasteiger charge is 2.43. The molecule has 1 amide bonds. The number of amides is 1. The predicted molar refractivity (Wildman–Crippen MR) is 144 cm³/mol. The van der Waals surface area contributed by atoms with E-state index in [1.807, 2.05) is 10.6 Å². The number of hydrogen-bond acceptors (Lipinski definition) is 4. The van der Waals surface area contributed by atoms with E-state index < -0.39 is 33.4 Å². The van der Waals surface area contributed by atoms with Gasteiger partial charge in [0.1, 0.15) is 6.04 Å². The van der Waals surface area contributed by atoms with Gasteiger partial charge in [-0.05, 0) is 66.1 Å². The normalized spacial score (nSPS) is 12.9. The van der Waals surface area contributed by atoms with Crippen molar-refractivity contribution in [1.82, 2.24) is 4.57 Å². The van der Waals surface area contributed by atoms with Gasteiger partial charge in [-0.3, -0.25) is 9.10 Å². The number of halogens is 1. The minimum Gasteiger partial charge on any atom is -0.480 e. The number of sulfonamides is 1. The van der Waals surface area contributed by atoms with Crippen LogP contribution in [0.15, 0.2) is 83.9 Å². The van der Waals surface area contributed by atoms with Gasteiger partial charge in [0.15, 0.2) is 0 Å². The number of carboxylic acid groups (broad SMARTS) is 1. The lowest BCUT2D eigenvalue weighted by molar-refractivity contribution is -0.140. The third-order valence-corrected chi connectivity index (χ3v) is 8.00. The van der Waals surface area contributed by atoms with Gasteiger partial charge in [-0.2, -0.15) is 0 Å². The molecule has 4 aromatic rings. The summed E-state index contributed by atoms with van der Waals surface area (Å²) in [6, 6.07) is 17.8. The number of carbonyl (C=O) groups is 2. The molecule has 37 heavy (non-hydrogen) atoms. The second-order valence-corrected chi connectivity index (χ2v) is 12.0.